The molecule has 0 unspecified atom stereocenters. The van der Waals surface area contributed by atoms with Crippen LogP contribution in [0.25, 0.3) is 0 Å². The first-order chi connectivity index (χ1) is 11.1. The second kappa shape index (κ2) is 6.39. The first-order valence-electron chi connectivity index (χ1n) is 7.12. The number of benzene rings is 2. The van der Waals surface area contributed by atoms with Gasteiger partial charge in [-0.25, -0.2) is 4.79 Å². The molecular weight excluding hydrogens is 298 g/mol. The highest BCUT2D eigenvalue weighted by Gasteiger charge is 2.31. The number of aliphatic carboxylic acids is 1. The number of fused-ring (bicyclic) bond motifs is 1. The second-order valence-electron chi connectivity index (χ2n) is 5.05. The molecular formula is C17H15NO5. The summed E-state index contributed by atoms with van der Waals surface area (Å²) in [6.45, 7) is 0.0317. The fourth-order valence-electron chi connectivity index (χ4n) is 2.32. The minimum absolute atomic E-state index is 0.0317. The van der Waals surface area contributed by atoms with Gasteiger partial charge in [0.2, 0.25) is 6.10 Å². The van der Waals surface area contributed by atoms with E-state index in [9.17, 15) is 14.7 Å². The monoisotopic (exact) mass is 313 g/mol. The molecule has 23 heavy (non-hydrogen) atoms. The largest absolute Gasteiger partial charge is 0.485 e. The predicted molar refractivity (Wildman–Crippen MR) is 81.3 cm³/mol. The van der Waals surface area contributed by atoms with E-state index in [1.807, 2.05) is 0 Å². The molecule has 6 heteroatoms. The van der Waals surface area contributed by atoms with Crippen LogP contribution in [0.4, 0.5) is 0 Å². The molecule has 2 aromatic rings. The summed E-state index contributed by atoms with van der Waals surface area (Å²) in [6.07, 6.45) is -0.893. The lowest BCUT2D eigenvalue weighted by atomic mass is 10.1. The minimum atomic E-state index is -1.14. The summed E-state index contributed by atoms with van der Waals surface area (Å²) in [6, 6.07) is 14.4. The van der Waals surface area contributed by atoms with Crippen LogP contribution < -0.4 is 14.8 Å². The van der Waals surface area contributed by atoms with Gasteiger partial charge in [0, 0.05) is 0 Å². The number of hydrogen-bond acceptors (Lipinski definition) is 4. The SMILES string of the molecule is O=C(N[C@H](C(=O)O)c1ccccc1)[C@@H]1COc2ccccc2O1. The van der Waals surface area contributed by atoms with Gasteiger partial charge in [-0.3, -0.25) is 4.79 Å². The van der Waals surface area contributed by atoms with Gasteiger partial charge in [-0.05, 0) is 17.7 Å². The summed E-state index contributed by atoms with van der Waals surface area (Å²) in [5, 5.41) is 11.8. The zero-order chi connectivity index (χ0) is 16.2. The molecule has 1 heterocycles. The van der Waals surface area contributed by atoms with Crippen LogP contribution in [-0.2, 0) is 9.59 Å². The van der Waals surface area contributed by atoms with Crippen LogP contribution in [0.5, 0.6) is 11.5 Å². The number of nitrogens with one attached hydrogen (secondary N) is 1. The molecule has 2 aromatic carbocycles. The highest BCUT2D eigenvalue weighted by Crippen LogP contribution is 2.31. The van der Waals surface area contributed by atoms with E-state index in [4.69, 9.17) is 9.47 Å². The van der Waals surface area contributed by atoms with Crippen molar-refractivity contribution >= 4 is 11.9 Å². The zero-order valence-electron chi connectivity index (χ0n) is 12.1. The molecule has 1 amide bonds. The van der Waals surface area contributed by atoms with E-state index in [1.54, 1.807) is 54.6 Å². The normalized spacial score (nSPS) is 17.1. The smallest absolute Gasteiger partial charge is 0.330 e. The third-order valence-corrected chi connectivity index (χ3v) is 3.47. The van der Waals surface area contributed by atoms with E-state index in [-0.39, 0.29) is 6.61 Å². The summed E-state index contributed by atoms with van der Waals surface area (Å²) in [7, 11) is 0. The number of carboxylic acid groups (broad SMARTS) is 1. The van der Waals surface area contributed by atoms with Crippen LogP contribution in [0.2, 0.25) is 0 Å². The third kappa shape index (κ3) is 3.26. The Morgan fingerprint density at radius 3 is 2.39 bits per heavy atom. The zero-order valence-corrected chi connectivity index (χ0v) is 12.1. The Balaban J connectivity index is 1.72. The van der Waals surface area contributed by atoms with Crippen molar-refractivity contribution in [1.82, 2.24) is 5.32 Å². The molecule has 0 spiro atoms. The number of rotatable bonds is 4. The van der Waals surface area contributed by atoms with Crippen molar-refractivity contribution in [3.63, 3.8) is 0 Å². The van der Waals surface area contributed by atoms with Crippen LogP contribution in [0.1, 0.15) is 11.6 Å². The number of carbonyl (C=O) groups excluding carboxylic acids is 1. The van der Waals surface area contributed by atoms with Crippen molar-refractivity contribution in [2.45, 2.75) is 12.1 Å². The maximum Gasteiger partial charge on any atom is 0.330 e. The summed E-state index contributed by atoms with van der Waals surface area (Å²) in [4.78, 5) is 23.7. The standard InChI is InChI=1S/C17H15NO5/c19-16(14-10-22-12-8-4-5-9-13(12)23-14)18-15(17(20)21)11-6-2-1-3-7-11/h1-9,14-15H,10H2,(H,18,19)(H,20,21)/t14-,15-/m0/s1. The maximum atomic E-state index is 12.3. The average Bonchev–Trinajstić information content (AvgIpc) is 2.59. The molecule has 1 aliphatic rings. The van der Waals surface area contributed by atoms with E-state index < -0.39 is 24.0 Å². The lowest BCUT2D eigenvalue weighted by Gasteiger charge is -2.26. The number of carbonyl (C=O) groups is 2. The van der Waals surface area contributed by atoms with Gasteiger partial charge in [-0.2, -0.15) is 0 Å². The van der Waals surface area contributed by atoms with Gasteiger partial charge in [-0.15, -0.1) is 0 Å². The average molecular weight is 313 g/mol. The Hall–Kier alpha value is -3.02. The summed E-state index contributed by atoms with van der Waals surface area (Å²) < 4.78 is 11.1. The van der Waals surface area contributed by atoms with E-state index in [1.165, 1.54) is 0 Å². The third-order valence-electron chi connectivity index (χ3n) is 3.47. The van der Waals surface area contributed by atoms with E-state index in [0.717, 1.165) is 0 Å². The fourth-order valence-corrected chi connectivity index (χ4v) is 2.32. The van der Waals surface area contributed by atoms with E-state index in [0.29, 0.717) is 17.1 Å². The van der Waals surface area contributed by atoms with Crippen LogP contribution >= 0.6 is 0 Å². The number of amides is 1. The molecule has 0 fully saturated rings. The van der Waals surface area contributed by atoms with Gasteiger partial charge >= 0.3 is 5.97 Å². The van der Waals surface area contributed by atoms with Crippen molar-refractivity contribution in [1.29, 1.82) is 0 Å². The highest BCUT2D eigenvalue weighted by molar-refractivity contribution is 5.87. The van der Waals surface area contributed by atoms with Gasteiger partial charge in [-0.1, -0.05) is 42.5 Å². The number of hydrogen-bond donors (Lipinski definition) is 2. The van der Waals surface area contributed by atoms with Gasteiger partial charge in [0.15, 0.2) is 17.5 Å². The van der Waals surface area contributed by atoms with E-state index >= 15 is 0 Å². The molecule has 0 bridgehead atoms. The lowest BCUT2D eigenvalue weighted by Crippen LogP contribution is -2.46. The molecule has 2 atom stereocenters. The number of carboxylic acids is 1. The summed E-state index contributed by atoms with van der Waals surface area (Å²) >= 11 is 0. The van der Waals surface area contributed by atoms with Crippen molar-refractivity contribution in [3.8, 4) is 11.5 Å². The predicted octanol–water partition coefficient (Wildman–Crippen LogP) is 1.77. The fraction of sp³-hybridized carbons (Fsp3) is 0.176. The van der Waals surface area contributed by atoms with Crippen LogP contribution in [-0.4, -0.2) is 29.7 Å². The van der Waals surface area contributed by atoms with Gasteiger partial charge in [0.1, 0.15) is 6.61 Å². The molecule has 118 valence electrons. The molecule has 6 nitrogen and oxygen atoms in total. The number of para-hydroxylation sites is 2. The van der Waals surface area contributed by atoms with Crippen LogP contribution in [0.3, 0.4) is 0 Å². The summed E-state index contributed by atoms with van der Waals surface area (Å²) in [5.41, 5.74) is 0.491. The van der Waals surface area contributed by atoms with Crippen molar-refractivity contribution in [2.75, 3.05) is 6.61 Å². The Morgan fingerprint density at radius 2 is 1.70 bits per heavy atom. The first kappa shape index (κ1) is 14.9. The van der Waals surface area contributed by atoms with Crippen molar-refractivity contribution in [2.24, 2.45) is 0 Å². The molecule has 0 aliphatic carbocycles. The second-order valence-corrected chi connectivity index (χ2v) is 5.05. The highest BCUT2D eigenvalue weighted by atomic mass is 16.6. The van der Waals surface area contributed by atoms with E-state index in [2.05, 4.69) is 5.32 Å². The summed E-state index contributed by atoms with van der Waals surface area (Å²) in [5.74, 6) is -0.641. The molecule has 3 rings (SSSR count). The molecule has 0 saturated heterocycles. The molecule has 2 N–H and O–H groups in total. The van der Waals surface area contributed by atoms with Crippen LogP contribution in [0, 0.1) is 0 Å². The molecule has 0 radical (unpaired) electrons. The quantitative estimate of drug-likeness (QED) is 0.898. The Bertz CT molecular complexity index is 716. The Morgan fingerprint density at radius 1 is 1.04 bits per heavy atom. The Kier molecular flexibility index (Phi) is 4.14. The van der Waals surface area contributed by atoms with Gasteiger partial charge in [0.05, 0.1) is 0 Å². The van der Waals surface area contributed by atoms with Crippen molar-refractivity contribution < 1.29 is 24.2 Å². The molecule has 0 aromatic heterocycles. The topological polar surface area (TPSA) is 84.9 Å². The van der Waals surface area contributed by atoms with Crippen LogP contribution in [0.15, 0.2) is 54.6 Å². The van der Waals surface area contributed by atoms with Gasteiger partial charge in [0.25, 0.3) is 5.91 Å². The van der Waals surface area contributed by atoms with Crippen molar-refractivity contribution in [3.05, 3.63) is 60.2 Å². The maximum absolute atomic E-state index is 12.3. The van der Waals surface area contributed by atoms with Gasteiger partial charge < -0.3 is 19.9 Å². The number of ether oxygens (including phenoxy) is 2. The minimum Gasteiger partial charge on any atom is -0.485 e. The molecule has 1 aliphatic heterocycles. The Labute approximate surface area is 132 Å². The first-order valence-corrected chi connectivity index (χ1v) is 7.12. The lowest BCUT2D eigenvalue weighted by molar-refractivity contribution is -0.143. The molecule has 0 saturated carbocycles.